The van der Waals surface area contributed by atoms with Crippen LogP contribution in [0.3, 0.4) is 0 Å². The number of amides is 4. The smallest absolute Gasteiger partial charge is 0.340 e. The van der Waals surface area contributed by atoms with Crippen molar-refractivity contribution in [3.05, 3.63) is 178 Å². The van der Waals surface area contributed by atoms with Gasteiger partial charge in [-0.1, -0.05) is 113 Å². The summed E-state index contributed by atoms with van der Waals surface area (Å²) in [6, 6.07) is 31.9. The van der Waals surface area contributed by atoms with Crippen molar-refractivity contribution in [3.63, 3.8) is 0 Å². The minimum atomic E-state index is -1.10. The molecule has 6 aromatic rings. The van der Waals surface area contributed by atoms with Gasteiger partial charge in [0.1, 0.15) is 36.8 Å². The van der Waals surface area contributed by atoms with Crippen molar-refractivity contribution in [1.82, 2.24) is 9.80 Å². The zero-order chi connectivity index (χ0) is 60.8. The van der Waals surface area contributed by atoms with Crippen LogP contribution in [-0.4, -0.2) is 117 Å². The highest BCUT2D eigenvalue weighted by molar-refractivity contribution is 6.33. The molecule has 4 atom stereocenters. The number of nitrogens with one attached hydrogen (secondary N) is 4. The molecule has 0 aliphatic heterocycles. The Morgan fingerprint density at radius 3 is 1.15 bits per heavy atom. The van der Waals surface area contributed by atoms with Crippen LogP contribution in [0.15, 0.2) is 133 Å². The van der Waals surface area contributed by atoms with Crippen LogP contribution in [0.4, 0.5) is 22.7 Å². The molecule has 1 aliphatic carbocycles. The number of imide groups is 2. The van der Waals surface area contributed by atoms with E-state index >= 15 is 0 Å². The van der Waals surface area contributed by atoms with Crippen LogP contribution in [0.25, 0.3) is 0 Å². The number of carbonyl (C=O) groups excluding carboxylic acids is 8. The highest BCUT2D eigenvalue weighted by atomic mass is 16.5. The summed E-state index contributed by atoms with van der Waals surface area (Å²) in [5.74, 6) is -6.95. The maximum absolute atomic E-state index is 14.7. The summed E-state index contributed by atoms with van der Waals surface area (Å²) in [7, 11) is 0. The first-order valence-electron chi connectivity index (χ1n) is 27.8. The number of carbonyl (C=O) groups is 8. The van der Waals surface area contributed by atoms with Gasteiger partial charge in [-0.3, -0.25) is 38.6 Å². The molecule has 7 rings (SSSR count). The second kappa shape index (κ2) is 28.5. The average molecular weight is 1150 g/mol. The molecule has 20 nitrogen and oxygen atoms in total. The predicted octanol–water partition coefficient (Wildman–Crippen LogP) is 7.87. The number of nitrogens with two attached hydrogens (primary N) is 2. The maximum atomic E-state index is 14.7. The topological polar surface area (TPSA) is 302 Å². The van der Waals surface area contributed by atoms with Gasteiger partial charge in [-0.2, -0.15) is 0 Å². The molecule has 10 N–H and O–H groups in total. The van der Waals surface area contributed by atoms with Crippen molar-refractivity contribution in [2.24, 2.45) is 23.3 Å². The number of anilines is 4. The standard InChI is InChI=1S/C64H72N8O12/c1-37(2)33-45(65)61(79)71(59(77)39(5)69-47-23-15-13-21-43(47)63(81)83-35-41-17-9-7-10-18-41)31-29-67-49-25-26-50(54-53(49)57(75)55-51(73)27-28-52(74)56(55)58(54)76)68-30-32-72(62(80)46(66)34-38(3)4)60(78)40(6)70-48-24-16-14-22-44(48)64(82)84-36-42-19-11-8-12-20-42/h7-28,37-40,45-46,67-70,73-74H,29-36,65-66H2,1-6H3/t39?,40?,45-,46-/m0/s1. The van der Waals surface area contributed by atoms with Crippen molar-refractivity contribution in [1.29, 1.82) is 0 Å². The summed E-state index contributed by atoms with van der Waals surface area (Å²) in [5.41, 5.74) is 14.0. The van der Waals surface area contributed by atoms with E-state index in [1.54, 1.807) is 48.5 Å². The molecular formula is C64H72N8O12. The summed E-state index contributed by atoms with van der Waals surface area (Å²) in [5, 5.41) is 34.4. The van der Waals surface area contributed by atoms with Crippen LogP contribution in [0.1, 0.15) is 118 Å². The van der Waals surface area contributed by atoms with E-state index in [0.717, 1.165) is 33.1 Å². The lowest BCUT2D eigenvalue weighted by atomic mass is 9.81. The third-order valence-electron chi connectivity index (χ3n) is 13.9. The van der Waals surface area contributed by atoms with Crippen LogP contribution >= 0.6 is 0 Å². The summed E-state index contributed by atoms with van der Waals surface area (Å²) in [6.07, 6.45) is 0.483. The molecule has 0 spiro atoms. The average Bonchev–Trinajstić information content (AvgIpc) is 1.44. The van der Waals surface area contributed by atoms with E-state index in [1.807, 2.05) is 88.4 Å². The highest BCUT2D eigenvalue weighted by Gasteiger charge is 2.39. The molecule has 84 heavy (non-hydrogen) atoms. The Balaban J connectivity index is 1.13. The minimum Gasteiger partial charge on any atom is -0.507 e. The lowest BCUT2D eigenvalue weighted by molar-refractivity contribution is -0.147. The molecule has 1 aliphatic rings. The van der Waals surface area contributed by atoms with Gasteiger partial charge >= 0.3 is 11.9 Å². The Bertz CT molecular complexity index is 3170. The first kappa shape index (κ1) is 62.2. The van der Waals surface area contributed by atoms with Gasteiger partial charge < -0.3 is 52.4 Å². The molecular weight excluding hydrogens is 1070 g/mol. The number of hydrogen-bond acceptors (Lipinski definition) is 18. The van der Waals surface area contributed by atoms with E-state index in [0.29, 0.717) is 0 Å². The molecule has 0 heterocycles. The van der Waals surface area contributed by atoms with Crippen molar-refractivity contribution in [2.45, 2.75) is 91.8 Å². The van der Waals surface area contributed by atoms with Crippen molar-refractivity contribution in [2.75, 3.05) is 47.4 Å². The number of esters is 2. The van der Waals surface area contributed by atoms with Crippen LogP contribution in [0, 0.1) is 11.8 Å². The molecule has 20 heteroatoms. The number of benzene rings is 6. The van der Waals surface area contributed by atoms with E-state index in [2.05, 4.69) is 21.3 Å². The SMILES string of the molecule is CC(C)C[C@H](N)C(=O)N(CCNc1ccc(NCCN(C(=O)C(C)Nc2ccccc2C(=O)OCc2ccccc2)C(=O)[C@@H](N)CC(C)C)c2c1C(=O)c1c(O)ccc(O)c1C2=O)C(=O)C(C)Nc1ccccc1C(=O)OCc1ccccc1. The number of ketones is 2. The fourth-order valence-corrected chi connectivity index (χ4v) is 9.77. The first-order valence-corrected chi connectivity index (χ1v) is 27.8. The van der Waals surface area contributed by atoms with Crippen LogP contribution < -0.4 is 32.7 Å². The van der Waals surface area contributed by atoms with E-state index in [9.17, 15) is 48.6 Å². The third kappa shape index (κ3) is 15.2. The summed E-state index contributed by atoms with van der Waals surface area (Å²) in [6.45, 7) is 9.60. The summed E-state index contributed by atoms with van der Waals surface area (Å²) in [4.78, 5) is 115. The molecule has 440 valence electrons. The van der Waals surface area contributed by atoms with Gasteiger partial charge in [0.15, 0.2) is 0 Å². The van der Waals surface area contributed by atoms with E-state index in [1.165, 1.54) is 26.0 Å². The molecule has 0 saturated carbocycles. The largest absolute Gasteiger partial charge is 0.507 e. The second-order valence-corrected chi connectivity index (χ2v) is 21.4. The van der Waals surface area contributed by atoms with Gasteiger partial charge in [0.05, 0.1) is 45.5 Å². The highest BCUT2D eigenvalue weighted by Crippen LogP contribution is 2.42. The maximum Gasteiger partial charge on any atom is 0.340 e. The number of hydrogen-bond donors (Lipinski definition) is 8. The number of phenolic OH excluding ortho intramolecular Hbond substituents is 2. The Kier molecular flexibility index (Phi) is 21.1. The molecule has 0 radical (unpaired) electrons. The zero-order valence-corrected chi connectivity index (χ0v) is 47.8. The van der Waals surface area contributed by atoms with Crippen molar-refractivity contribution >= 4 is 69.9 Å². The van der Waals surface area contributed by atoms with E-state index in [-0.39, 0.29) is 109 Å². The Hall–Kier alpha value is -9.40. The fourth-order valence-electron chi connectivity index (χ4n) is 9.77. The number of aromatic hydroxyl groups is 2. The molecule has 0 bridgehead atoms. The van der Waals surface area contributed by atoms with Gasteiger partial charge in [-0.15, -0.1) is 0 Å². The first-order chi connectivity index (χ1) is 40.2. The molecule has 2 unspecified atom stereocenters. The second-order valence-electron chi connectivity index (χ2n) is 21.4. The quantitative estimate of drug-likeness (QED) is 0.0189. The van der Waals surface area contributed by atoms with Gasteiger partial charge in [0, 0.05) is 48.9 Å². The molecule has 0 fully saturated rings. The molecule has 4 amide bonds. The Morgan fingerprint density at radius 2 is 0.798 bits per heavy atom. The third-order valence-corrected chi connectivity index (χ3v) is 13.9. The molecule has 6 aromatic carbocycles. The van der Waals surface area contributed by atoms with Gasteiger partial charge in [-0.25, -0.2) is 9.59 Å². The Morgan fingerprint density at radius 1 is 0.452 bits per heavy atom. The number of ether oxygens (including phenoxy) is 2. The van der Waals surface area contributed by atoms with Gasteiger partial charge in [0.25, 0.3) is 11.8 Å². The molecule has 0 saturated heterocycles. The predicted molar refractivity (Wildman–Crippen MR) is 319 cm³/mol. The van der Waals surface area contributed by atoms with Crippen LogP contribution in [0.2, 0.25) is 0 Å². The Labute approximate surface area is 487 Å². The van der Waals surface area contributed by atoms with Crippen molar-refractivity contribution < 1.29 is 58.0 Å². The lowest BCUT2D eigenvalue weighted by Gasteiger charge is -2.29. The minimum absolute atomic E-state index is 0.00958. The number of fused-ring (bicyclic) bond motifs is 2. The summed E-state index contributed by atoms with van der Waals surface area (Å²) < 4.78 is 11.2. The number of para-hydroxylation sites is 2. The van der Waals surface area contributed by atoms with Gasteiger partial charge in [-0.05, 0) is 98.2 Å². The van der Waals surface area contributed by atoms with Crippen LogP contribution in [0.5, 0.6) is 11.5 Å². The summed E-state index contributed by atoms with van der Waals surface area (Å²) >= 11 is 0. The molecule has 0 aromatic heterocycles. The van der Waals surface area contributed by atoms with E-state index < -0.39 is 93.9 Å². The number of nitrogens with zero attached hydrogens (tertiary/aromatic N) is 2. The normalized spacial score (nSPS) is 13.1. The fraction of sp³-hybridized carbons (Fsp3) is 0.312. The monoisotopic (exact) mass is 1140 g/mol. The van der Waals surface area contributed by atoms with Crippen LogP contribution in [-0.2, 0) is 41.9 Å². The number of phenols is 2. The zero-order valence-electron chi connectivity index (χ0n) is 47.8. The van der Waals surface area contributed by atoms with E-state index in [4.69, 9.17) is 20.9 Å². The number of rotatable bonds is 26. The van der Waals surface area contributed by atoms with Crippen molar-refractivity contribution in [3.8, 4) is 11.5 Å². The lowest BCUT2D eigenvalue weighted by Crippen LogP contribution is -2.52. The van der Waals surface area contributed by atoms with Gasteiger partial charge in [0.2, 0.25) is 23.4 Å².